The van der Waals surface area contributed by atoms with Crippen molar-refractivity contribution in [2.24, 2.45) is 0 Å². The lowest BCUT2D eigenvalue weighted by Crippen LogP contribution is -2.49. The standard InChI is InChI=1S/C23H21F3N4O2/c1-32-19-7-5-16(6-8-19)20-14-21(28-15-27-20)29-9-11-30(12-10-29)22(31)17-3-2-4-18(13-17)23(24,25)26/h2-8,13-15H,9-12H2,1H3. The van der Waals surface area contributed by atoms with Crippen molar-refractivity contribution in [2.75, 3.05) is 38.2 Å². The predicted molar refractivity (Wildman–Crippen MR) is 114 cm³/mol. The lowest BCUT2D eigenvalue weighted by molar-refractivity contribution is -0.137. The Bertz CT molecular complexity index is 1090. The van der Waals surface area contributed by atoms with E-state index in [1.165, 1.54) is 18.5 Å². The quantitative estimate of drug-likeness (QED) is 0.608. The van der Waals surface area contributed by atoms with Crippen molar-refractivity contribution in [1.29, 1.82) is 0 Å². The number of aromatic nitrogens is 2. The summed E-state index contributed by atoms with van der Waals surface area (Å²) in [4.78, 5) is 25.0. The van der Waals surface area contributed by atoms with Crippen LogP contribution in [-0.4, -0.2) is 54.1 Å². The van der Waals surface area contributed by atoms with E-state index in [1.54, 1.807) is 12.0 Å². The molecule has 0 aliphatic carbocycles. The molecule has 0 N–H and O–H groups in total. The second-order valence-electron chi connectivity index (χ2n) is 7.35. The fraction of sp³-hybridized carbons (Fsp3) is 0.261. The predicted octanol–water partition coefficient (Wildman–Crippen LogP) is 4.13. The van der Waals surface area contributed by atoms with E-state index >= 15 is 0 Å². The van der Waals surface area contributed by atoms with E-state index in [4.69, 9.17) is 4.74 Å². The average Bonchev–Trinajstić information content (AvgIpc) is 2.83. The zero-order valence-electron chi connectivity index (χ0n) is 17.3. The fourth-order valence-electron chi connectivity index (χ4n) is 3.59. The van der Waals surface area contributed by atoms with Crippen LogP contribution in [0.4, 0.5) is 19.0 Å². The average molecular weight is 442 g/mol. The molecular weight excluding hydrogens is 421 g/mol. The van der Waals surface area contributed by atoms with Gasteiger partial charge in [0, 0.05) is 43.4 Å². The number of amides is 1. The molecule has 2 aromatic carbocycles. The number of halogens is 3. The van der Waals surface area contributed by atoms with Gasteiger partial charge in [-0.05, 0) is 42.5 Å². The summed E-state index contributed by atoms with van der Waals surface area (Å²) in [5.41, 5.74) is 0.902. The van der Waals surface area contributed by atoms with Crippen molar-refractivity contribution in [2.45, 2.75) is 6.18 Å². The normalized spacial score (nSPS) is 14.4. The highest BCUT2D eigenvalue weighted by molar-refractivity contribution is 5.94. The molecule has 2 heterocycles. The van der Waals surface area contributed by atoms with Crippen LogP contribution in [-0.2, 0) is 6.18 Å². The van der Waals surface area contributed by atoms with Crippen molar-refractivity contribution in [3.63, 3.8) is 0 Å². The Kier molecular flexibility index (Phi) is 5.98. The Labute approximate surface area is 183 Å². The first-order chi connectivity index (χ1) is 15.3. The zero-order chi connectivity index (χ0) is 22.7. The second kappa shape index (κ2) is 8.86. The summed E-state index contributed by atoms with van der Waals surface area (Å²) in [5, 5.41) is 0. The maximum Gasteiger partial charge on any atom is 0.416 e. The summed E-state index contributed by atoms with van der Waals surface area (Å²) < 4.78 is 44.0. The number of carbonyl (C=O) groups excluding carboxylic acids is 1. The van der Waals surface area contributed by atoms with Gasteiger partial charge in [0.05, 0.1) is 18.4 Å². The highest BCUT2D eigenvalue weighted by atomic mass is 19.4. The van der Waals surface area contributed by atoms with Gasteiger partial charge in [-0.3, -0.25) is 4.79 Å². The van der Waals surface area contributed by atoms with Gasteiger partial charge in [0.25, 0.3) is 5.91 Å². The number of anilines is 1. The van der Waals surface area contributed by atoms with Gasteiger partial charge in [0.15, 0.2) is 0 Å². The SMILES string of the molecule is COc1ccc(-c2cc(N3CCN(C(=O)c4cccc(C(F)(F)F)c4)CC3)ncn2)cc1. The molecule has 32 heavy (non-hydrogen) atoms. The molecule has 0 saturated carbocycles. The van der Waals surface area contributed by atoms with E-state index < -0.39 is 17.6 Å². The van der Waals surface area contributed by atoms with E-state index in [9.17, 15) is 18.0 Å². The van der Waals surface area contributed by atoms with Crippen molar-refractivity contribution >= 4 is 11.7 Å². The van der Waals surface area contributed by atoms with E-state index in [0.29, 0.717) is 26.2 Å². The Morgan fingerprint density at radius 3 is 2.34 bits per heavy atom. The molecule has 0 spiro atoms. The Morgan fingerprint density at radius 2 is 1.69 bits per heavy atom. The number of hydrogen-bond donors (Lipinski definition) is 0. The van der Waals surface area contributed by atoms with E-state index in [0.717, 1.165) is 35.0 Å². The minimum Gasteiger partial charge on any atom is -0.497 e. The van der Waals surface area contributed by atoms with Gasteiger partial charge in [-0.2, -0.15) is 13.2 Å². The monoisotopic (exact) mass is 442 g/mol. The molecule has 0 atom stereocenters. The van der Waals surface area contributed by atoms with Crippen molar-refractivity contribution < 1.29 is 22.7 Å². The van der Waals surface area contributed by atoms with Crippen LogP contribution < -0.4 is 9.64 Å². The topological polar surface area (TPSA) is 58.6 Å². The third-order valence-corrected chi connectivity index (χ3v) is 5.37. The molecule has 1 amide bonds. The Morgan fingerprint density at radius 1 is 0.969 bits per heavy atom. The number of methoxy groups -OCH3 is 1. The Hall–Kier alpha value is -3.62. The first-order valence-corrected chi connectivity index (χ1v) is 10.0. The molecule has 1 saturated heterocycles. The number of hydrogen-bond acceptors (Lipinski definition) is 5. The van der Waals surface area contributed by atoms with Gasteiger partial charge >= 0.3 is 6.18 Å². The minimum absolute atomic E-state index is 0.0390. The van der Waals surface area contributed by atoms with E-state index in [-0.39, 0.29) is 5.56 Å². The Balaban J connectivity index is 1.43. The molecule has 0 radical (unpaired) electrons. The number of carbonyl (C=O) groups is 1. The van der Waals surface area contributed by atoms with Crippen molar-refractivity contribution in [3.8, 4) is 17.0 Å². The lowest BCUT2D eigenvalue weighted by Gasteiger charge is -2.35. The number of nitrogens with zero attached hydrogens (tertiary/aromatic N) is 4. The number of rotatable bonds is 4. The molecular formula is C23H21F3N4O2. The molecule has 0 unspecified atom stereocenters. The number of alkyl halides is 3. The van der Waals surface area contributed by atoms with Crippen LogP contribution in [0.5, 0.6) is 5.75 Å². The molecule has 9 heteroatoms. The highest BCUT2D eigenvalue weighted by Crippen LogP contribution is 2.30. The summed E-state index contributed by atoms with van der Waals surface area (Å²) in [6.45, 7) is 1.81. The number of benzene rings is 2. The summed E-state index contributed by atoms with van der Waals surface area (Å²) in [7, 11) is 1.61. The number of ether oxygens (including phenoxy) is 1. The summed E-state index contributed by atoms with van der Waals surface area (Å²) in [5.74, 6) is 1.08. The first-order valence-electron chi connectivity index (χ1n) is 10.0. The molecule has 1 fully saturated rings. The molecule has 1 aliphatic rings. The van der Waals surface area contributed by atoms with Gasteiger partial charge in [0.2, 0.25) is 0 Å². The van der Waals surface area contributed by atoms with Crippen LogP contribution in [0.3, 0.4) is 0 Å². The molecule has 1 aliphatic heterocycles. The third-order valence-electron chi connectivity index (χ3n) is 5.37. The smallest absolute Gasteiger partial charge is 0.416 e. The molecule has 0 bridgehead atoms. The molecule has 166 valence electrons. The zero-order valence-corrected chi connectivity index (χ0v) is 17.3. The fourth-order valence-corrected chi connectivity index (χ4v) is 3.59. The lowest BCUT2D eigenvalue weighted by atomic mass is 10.1. The molecule has 4 rings (SSSR count). The van der Waals surface area contributed by atoms with Crippen LogP contribution in [0.1, 0.15) is 15.9 Å². The van der Waals surface area contributed by atoms with Crippen LogP contribution >= 0.6 is 0 Å². The van der Waals surface area contributed by atoms with E-state index in [2.05, 4.69) is 9.97 Å². The van der Waals surface area contributed by atoms with Crippen LogP contribution in [0.15, 0.2) is 60.9 Å². The van der Waals surface area contributed by atoms with Crippen LogP contribution in [0.2, 0.25) is 0 Å². The van der Waals surface area contributed by atoms with Gasteiger partial charge in [-0.1, -0.05) is 6.07 Å². The maximum atomic E-state index is 13.0. The van der Waals surface area contributed by atoms with Crippen LogP contribution in [0.25, 0.3) is 11.3 Å². The van der Waals surface area contributed by atoms with Gasteiger partial charge in [-0.15, -0.1) is 0 Å². The van der Waals surface area contributed by atoms with Gasteiger partial charge in [-0.25, -0.2) is 9.97 Å². The summed E-state index contributed by atoms with van der Waals surface area (Å²) >= 11 is 0. The maximum absolute atomic E-state index is 13.0. The molecule has 1 aromatic heterocycles. The van der Waals surface area contributed by atoms with Crippen LogP contribution in [0, 0.1) is 0 Å². The second-order valence-corrected chi connectivity index (χ2v) is 7.35. The first kappa shape index (κ1) is 21.6. The van der Waals surface area contributed by atoms with E-state index in [1.807, 2.05) is 35.2 Å². The molecule has 6 nitrogen and oxygen atoms in total. The third kappa shape index (κ3) is 4.66. The van der Waals surface area contributed by atoms with Gasteiger partial charge in [0.1, 0.15) is 17.9 Å². The number of piperazine rings is 1. The molecule has 3 aromatic rings. The summed E-state index contributed by atoms with van der Waals surface area (Å²) in [6, 6.07) is 14.0. The van der Waals surface area contributed by atoms with Crippen molar-refractivity contribution in [1.82, 2.24) is 14.9 Å². The van der Waals surface area contributed by atoms with Crippen molar-refractivity contribution in [3.05, 3.63) is 72.1 Å². The summed E-state index contributed by atoms with van der Waals surface area (Å²) in [6.07, 6.45) is -2.99. The van der Waals surface area contributed by atoms with Gasteiger partial charge < -0.3 is 14.5 Å². The largest absolute Gasteiger partial charge is 0.497 e. The minimum atomic E-state index is -4.48. The highest BCUT2D eigenvalue weighted by Gasteiger charge is 2.31.